The summed E-state index contributed by atoms with van der Waals surface area (Å²) in [7, 11) is 0. The molecule has 22 heavy (non-hydrogen) atoms. The van der Waals surface area contributed by atoms with Gasteiger partial charge in [0.25, 0.3) is 0 Å². The molecule has 2 rings (SSSR count). The molecule has 0 aromatic heterocycles. The number of nitrogens with one attached hydrogen (secondary N) is 1. The molecule has 0 saturated heterocycles. The summed E-state index contributed by atoms with van der Waals surface area (Å²) in [5, 5.41) is 12.8. The molecule has 0 unspecified atom stereocenters. The summed E-state index contributed by atoms with van der Waals surface area (Å²) in [4.78, 5) is 0. The molecule has 0 aliphatic rings. The van der Waals surface area contributed by atoms with Crippen LogP contribution in [0.3, 0.4) is 0 Å². The van der Waals surface area contributed by atoms with Crippen LogP contribution in [0.5, 0.6) is 0 Å². The summed E-state index contributed by atoms with van der Waals surface area (Å²) >= 11 is 13.0. The third-order valence-electron chi connectivity index (χ3n) is 2.61. The molecule has 1 N–H and O–H groups in total. The van der Waals surface area contributed by atoms with Gasteiger partial charge in [-0.15, -0.1) is 0 Å². The van der Waals surface area contributed by atoms with E-state index in [0.29, 0.717) is 5.02 Å². The maximum atomic E-state index is 5.92. The number of hydrogen-bond donors (Lipinski definition) is 1. The zero-order chi connectivity index (χ0) is 16.3. The monoisotopic (exact) mass is 443 g/mol. The van der Waals surface area contributed by atoms with E-state index >= 15 is 0 Å². The van der Waals surface area contributed by atoms with Crippen molar-refractivity contribution in [2.24, 2.45) is 10.2 Å². The first kappa shape index (κ1) is 17.4. The highest BCUT2D eigenvalue weighted by Gasteiger charge is 2.12. The summed E-state index contributed by atoms with van der Waals surface area (Å²) < 4.78 is 1.84. The molecule has 0 fully saturated rings. The fourth-order valence-electron chi connectivity index (χ4n) is 1.64. The fraction of sp³-hybridized carbons (Fsp3) is 0.250. The van der Waals surface area contributed by atoms with Crippen LogP contribution in [-0.2, 0) is 0 Å². The van der Waals surface area contributed by atoms with E-state index in [-0.39, 0.29) is 5.54 Å². The normalized spacial score (nSPS) is 11.9. The number of rotatable bonds is 3. The van der Waals surface area contributed by atoms with Crippen molar-refractivity contribution in [1.29, 1.82) is 0 Å². The molecular formula is C16H16Br2ClN3. The number of benzene rings is 2. The van der Waals surface area contributed by atoms with E-state index in [9.17, 15) is 0 Å². The van der Waals surface area contributed by atoms with Crippen LogP contribution < -0.4 is 5.32 Å². The molecule has 0 saturated carbocycles. The second kappa shape index (κ2) is 7.11. The first-order chi connectivity index (χ1) is 10.2. The Labute approximate surface area is 152 Å². The van der Waals surface area contributed by atoms with Crippen LogP contribution in [-0.4, -0.2) is 5.54 Å². The molecule has 0 bridgehead atoms. The minimum Gasteiger partial charge on any atom is -0.353 e. The van der Waals surface area contributed by atoms with Gasteiger partial charge in [0.2, 0.25) is 0 Å². The standard InChI is InChI=1S/C16H16Br2ClN3/c1-16(2,3)22-21-14-9-10(17)8-13(18)15(14)20-12-6-4-11(19)5-7-12/h4-9,20H,1-3H3. The molecule has 2 aromatic carbocycles. The van der Waals surface area contributed by atoms with Crippen molar-refractivity contribution < 1.29 is 0 Å². The highest BCUT2D eigenvalue weighted by atomic mass is 79.9. The van der Waals surface area contributed by atoms with Crippen molar-refractivity contribution >= 4 is 60.5 Å². The molecule has 6 heteroatoms. The Balaban J connectivity index is 2.40. The number of anilines is 2. The molecule has 0 aliphatic heterocycles. The van der Waals surface area contributed by atoms with E-state index in [1.165, 1.54) is 0 Å². The second-order valence-electron chi connectivity index (χ2n) is 5.78. The average molecular weight is 446 g/mol. The third-order valence-corrected chi connectivity index (χ3v) is 3.94. The minimum atomic E-state index is -0.230. The Kier molecular flexibility index (Phi) is 5.64. The molecule has 3 nitrogen and oxygen atoms in total. The lowest BCUT2D eigenvalue weighted by atomic mass is 10.1. The maximum Gasteiger partial charge on any atom is 0.111 e. The fourth-order valence-corrected chi connectivity index (χ4v) is 3.07. The molecule has 0 atom stereocenters. The molecule has 0 radical (unpaired) electrons. The van der Waals surface area contributed by atoms with Crippen molar-refractivity contribution in [3.63, 3.8) is 0 Å². The summed E-state index contributed by atoms with van der Waals surface area (Å²) in [5.41, 5.74) is 2.32. The van der Waals surface area contributed by atoms with E-state index in [0.717, 1.165) is 26.0 Å². The van der Waals surface area contributed by atoms with Gasteiger partial charge >= 0.3 is 0 Å². The van der Waals surface area contributed by atoms with Crippen molar-refractivity contribution in [3.8, 4) is 0 Å². The van der Waals surface area contributed by atoms with Gasteiger partial charge in [0, 0.05) is 19.7 Å². The number of hydrogen-bond acceptors (Lipinski definition) is 3. The molecule has 0 amide bonds. The first-order valence-corrected chi connectivity index (χ1v) is 8.65. The van der Waals surface area contributed by atoms with Crippen molar-refractivity contribution in [2.45, 2.75) is 26.3 Å². The van der Waals surface area contributed by atoms with E-state index in [1.807, 2.05) is 57.2 Å². The predicted octanol–water partition coefficient (Wildman–Crippen LogP) is 7.49. The maximum absolute atomic E-state index is 5.92. The smallest absolute Gasteiger partial charge is 0.111 e. The van der Waals surface area contributed by atoms with Crippen LogP contribution >= 0.6 is 43.5 Å². The van der Waals surface area contributed by atoms with Crippen LogP contribution in [0.2, 0.25) is 5.02 Å². The van der Waals surface area contributed by atoms with Crippen LogP contribution in [0.4, 0.5) is 17.1 Å². The summed E-state index contributed by atoms with van der Waals surface area (Å²) in [6.45, 7) is 6.03. The Morgan fingerprint density at radius 3 is 2.27 bits per heavy atom. The highest BCUT2D eigenvalue weighted by molar-refractivity contribution is 9.11. The Hall–Kier alpha value is -0.910. The molecule has 0 heterocycles. The largest absolute Gasteiger partial charge is 0.353 e. The van der Waals surface area contributed by atoms with Gasteiger partial charge < -0.3 is 5.32 Å². The van der Waals surface area contributed by atoms with Crippen molar-refractivity contribution in [1.82, 2.24) is 0 Å². The lowest BCUT2D eigenvalue weighted by molar-refractivity contribution is 0.552. The van der Waals surface area contributed by atoms with Gasteiger partial charge in [-0.1, -0.05) is 27.5 Å². The first-order valence-electron chi connectivity index (χ1n) is 6.69. The van der Waals surface area contributed by atoms with Gasteiger partial charge in [-0.25, -0.2) is 0 Å². The van der Waals surface area contributed by atoms with Gasteiger partial charge in [0.05, 0.1) is 11.2 Å². The van der Waals surface area contributed by atoms with Gasteiger partial charge in [-0.05, 0) is 73.1 Å². The number of nitrogens with zero attached hydrogens (tertiary/aromatic N) is 2. The van der Waals surface area contributed by atoms with Crippen LogP contribution in [0.15, 0.2) is 55.6 Å². The van der Waals surface area contributed by atoms with Gasteiger partial charge in [-0.2, -0.15) is 10.2 Å². The quantitative estimate of drug-likeness (QED) is 0.488. The Bertz CT molecular complexity index is 692. The van der Waals surface area contributed by atoms with Gasteiger partial charge in [-0.3, -0.25) is 0 Å². The third kappa shape index (κ3) is 5.07. The average Bonchev–Trinajstić information content (AvgIpc) is 2.41. The topological polar surface area (TPSA) is 36.8 Å². The summed E-state index contributed by atoms with van der Waals surface area (Å²) in [5.74, 6) is 0. The van der Waals surface area contributed by atoms with Crippen LogP contribution in [0.25, 0.3) is 0 Å². The van der Waals surface area contributed by atoms with E-state index < -0.39 is 0 Å². The van der Waals surface area contributed by atoms with Crippen molar-refractivity contribution in [3.05, 3.63) is 50.4 Å². The SMILES string of the molecule is CC(C)(C)N=Nc1cc(Br)cc(Br)c1Nc1ccc(Cl)cc1. The number of halogens is 3. The van der Waals surface area contributed by atoms with Gasteiger partial charge in [0.15, 0.2) is 0 Å². The van der Waals surface area contributed by atoms with Gasteiger partial charge in [0.1, 0.15) is 5.69 Å². The van der Waals surface area contributed by atoms with Crippen LogP contribution in [0, 0.1) is 0 Å². The second-order valence-corrected chi connectivity index (χ2v) is 7.99. The lowest BCUT2D eigenvalue weighted by Gasteiger charge is -2.14. The Morgan fingerprint density at radius 2 is 1.68 bits per heavy atom. The molecular weight excluding hydrogens is 429 g/mol. The molecule has 116 valence electrons. The van der Waals surface area contributed by atoms with E-state index in [4.69, 9.17) is 11.6 Å². The lowest BCUT2D eigenvalue weighted by Crippen LogP contribution is -2.07. The molecule has 0 aliphatic carbocycles. The Morgan fingerprint density at radius 1 is 1.05 bits per heavy atom. The van der Waals surface area contributed by atoms with Crippen molar-refractivity contribution in [2.75, 3.05) is 5.32 Å². The zero-order valence-electron chi connectivity index (χ0n) is 12.5. The number of azo groups is 1. The minimum absolute atomic E-state index is 0.230. The summed E-state index contributed by atoms with van der Waals surface area (Å²) in [6.07, 6.45) is 0. The summed E-state index contributed by atoms with van der Waals surface area (Å²) in [6, 6.07) is 11.4. The van der Waals surface area contributed by atoms with E-state index in [1.54, 1.807) is 0 Å². The molecule has 2 aromatic rings. The predicted molar refractivity (Wildman–Crippen MR) is 101 cm³/mol. The van der Waals surface area contributed by atoms with Crippen LogP contribution in [0.1, 0.15) is 20.8 Å². The van der Waals surface area contributed by atoms with E-state index in [2.05, 4.69) is 47.4 Å². The highest BCUT2D eigenvalue weighted by Crippen LogP contribution is 2.39. The molecule has 0 spiro atoms. The zero-order valence-corrected chi connectivity index (χ0v) is 16.4.